The number of fused-ring (bicyclic) bond motifs is 1. The minimum atomic E-state index is -5.08. The largest absolute Gasteiger partial charge is 0.490 e. The first-order valence-corrected chi connectivity index (χ1v) is 8.74. The molecule has 170 valence electrons. The Bertz CT molecular complexity index is 711. The minimum Gasteiger partial charge on any atom is -0.475 e. The summed E-state index contributed by atoms with van der Waals surface area (Å²) in [6.45, 7) is 6.41. The van der Waals surface area contributed by atoms with Gasteiger partial charge in [-0.15, -0.1) is 0 Å². The van der Waals surface area contributed by atoms with Gasteiger partial charge in [-0.2, -0.15) is 26.3 Å². The first-order valence-electron chi connectivity index (χ1n) is 8.74. The second-order valence-electron chi connectivity index (χ2n) is 6.61. The molecule has 2 heterocycles. The van der Waals surface area contributed by atoms with Gasteiger partial charge in [0.25, 0.3) is 0 Å². The second kappa shape index (κ2) is 10.5. The molecule has 0 amide bonds. The van der Waals surface area contributed by atoms with E-state index in [2.05, 4.69) is 29.3 Å². The van der Waals surface area contributed by atoms with Crippen molar-refractivity contribution in [3.8, 4) is 0 Å². The van der Waals surface area contributed by atoms with Crippen LogP contribution in [0.2, 0.25) is 0 Å². The molecule has 0 unspecified atom stereocenters. The smallest absolute Gasteiger partial charge is 0.475 e. The molecule has 0 radical (unpaired) electrons. The third-order valence-electron chi connectivity index (χ3n) is 3.93. The number of aliphatic carboxylic acids is 2. The Morgan fingerprint density at radius 3 is 2.03 bits per heavy atom. The summed E-state index contributed by atoms with van der Waals surface area (Å²) in [5.74, 6) is -3.37. The van der Waals surface area contributed by atoms with Gasteiger partial charge in [0.1, 0.15) is 5.82 Å². The maximum Gasteiger partial charge on any atom is 0.490 e. The molecule has 2 aliphatic rings. The zero-order valence-electron chi connectivity index (χ0n) is 15.8. The molecule has 1 fully saturated rings. The number of hydrogen-bond donors (Lipinski definition) is 3. The summed E-state index contributed by atoms with van der Waals surface area (Å²) in [6.07, 6.45) is -7.35. The lowest BCUT2D eigenvalue weighted by Crippen LogP contribution is -2.31. The number of aromatic nitrogens is 1. The van der Waals surface area contributed by atoms with E-state index in [1.54, 1.807) is 0 Å². The molecule has 0 bridgehead atoms. The normalized spacial score (nSPS) is 16.2. The molecule has 3 rings (SSSR count). The molecule has 1 aromatic heterocycles. The van der Waals surface area contributed by atoms with Gasteiger partial charge in [0.05, 0.1) is 0 Å². The van der Waals surface area contributed by atoms with E-state index in [0.29, 0.717) is 0 Å². The summed E-state index contributed by atoms with van der Waals surface area (Å²) in [5.41, 5.74) is 2.48. The highest BCUT2D eigenvalue weighted by Gasteiger charge is 2.38. The van der Waals surface area contributed by atoms with Crippen LogP contribution in [0.5, 0.6) is 0 Å². The van der Waals surface area contributed by atoms with Crippen molar-refractivity contribution in [1.29, 1.82) is 0 Å². The SMILES string of the molecule is Cc1ccc2c(n1)N(CC1CC1)CCNC2.O=C(O)C(F)(F)F.O=C(O)C(F)(F)F. The van der Waals surface area contributed by atoms with Crippen molar-refractivity contribution in [2.24, 2.45) is 5.92 Å². The van der Waals surface area contributed by atoms with Gasteiger partial charge in [-0.05, 0) is 31.7 Å². The topological polar surface area (TPSA) is 103 Å². The summed E-state index contributed by atoms with van der Waals surface area (Å²) in [4.78, 5) is 25.0. The summed E-state index contributed by atoms with van der Waals surface area (Å²) in [5, 5.41) is 17.7. The monoisotopic (exact) mass is 445 g/mol. The number of anilines is 1. The molecule has 1 saturated carbocycles. The lowest BCUT2D eigenvalue weighted by atomic mass is 10.2. The predicted octanol–water partition coefficient (Wildman–Crippen LogP) is 2.98. The number of aryl methyl sites for hydroxylation is 1. The molecule has 7 nitrogen and oxygen atoms in total. The summed E-state index contributed by atoms with van der Waals surface area (Å²) in [6, 6.07) is 4.33. The van der Waals surface area contributed by atoms with Crippen LogP contribution in [-0.4, -0.2) is 59.1 Å². The van der Waals surface area contributed by atoms with Crippen LogP contribution in [0, 0.1) is 12.8 Å². The summed E-state index contributed by atoms with van der Waals surface area (Å²) >= 11 is 0. The van der Waals surface area contributed by atoms with Crippen LogP contribution in [0.15, 0.2) is 12.1 Å². The van der Waals surface area contributed by atoms with Crippen LogP contribution in [0.3, 0.4) is 0 Å². The number of nitrogens with zero attached hydrogens (tertiary/aromatic N) is 2. The number of carboxylic acid groups (broad SMARTS) is 2. The fourth-order valence-corrected chi connectivity index (χ4v) is 2.32. The number of pyridine rings is 1. The van der Waals surface area contributed by atoms with Crippen LogP contribution in [-0.2, 0) is 16.1 Å². The predicted molar refractivity (Wildman–Crippen MR) is 93.0 cm³/mol. The highest BCUT2D eigenvalue weighted by Crippen LogP contribution is 2.32. The minimum absolute atomic E-state index is 0.924. The third-order valence-corrected chi connectivity index (χ3v) is 3.93. The second-order valence-corrected chi connectivity index (χ2v) is 6.61. The Balaban J connectivity index is 0.000000271. The van der Waals surface area contributed by atoms with E-state index in [0.717, 1.165) is 31.2 Å². The van der Waals surface area contributed by atoms with E-state index in [1.165, 1.54) is 30.8 Å². The number of alkyl halides is 6. The van der Waals surface area contributed by atoms with Crippen LogP contribution < -0.4 is 10.2 Å². The standard InChI is InChI=1S/C13H19N3.2C2HF3O2/c1-10-2-5-12-8-14-6-7-16(13(12)15-10)9-11-3-4-11;2*3-2(4,5)1(6)7/h2,5,11,14H,3-4,6-9H2,1H3;2*(H,6,7). The number of nitrogens with one attached hydrogen (secondary N) is 1. The van der Waals surface area contributed by atoms with Crippen molar-refractivity contribution < 1.29 is 46.1 Å². The number of carbonyl (C=O) groups is 2. The van der Waals surface area contributed by atoms with Gasteiger partial charge < -0.3 is 20.4 Å². The Hall–Kier alpha value is -2.57. The van der Waals surface area contributed by atoms with Crippen LogP contribution in [0.25, 0.3) is 0 Å². The molecule has 30 heavy (non-hydrogen) atoms. The lowest BCUT2D eigenvalue weighted by Gasteiger charge is -2.23. The van der Waals surface area contributed by atoms with Crippen molar-refractivity contribution in [1.82, 2.24) is 10.3 Å². The first-order chi connectivity index (χ1) is 13.7. The van der Waals surface area contributed by atoms with E-state index < -0.39 is 24.3 Å². The fourth-order valence-electron chi connectivity index (χ4n) is 2.32. The number of carboxylic acids is 2. The molecule has 0 saturated heterocycles. The Kier molecular flexibility index (Phi) is 8.88. The molecule has 3 N–H and O–H groups in total. The molecule has 0 atom stereocenters. The van der Waals surface area contributed by atoms with Gasteiger partial charge >= 0.3 is 24.3 Å². The number of hydrogen-bond acceptors (Lipinski definition) is 5. The van der Waals surface area contributed by atoms with Crippen molar-refractivity contribution in [3.05, 3.63) is 23.4 Å². The molecule has 1 aromatic rings. The summed E-state index contributed by atoms with van der Waals surface area (Å²) < 4.78 is 63.5. The highest BCUT2D eigenvalue weighted by atomic mass is 19.4. The molecule has 13 heteroatoms. The van der Waals surface area contributed by atoms with Crippen molar-refractivity contribution >= 4 is 17.8 Å². The average molecular weight is 445 g/mol. The lowest BCUT2D eigenvalue weighted by molar-refractivity contribution is -0.193. The Morgan fingerprint density at radius 1 is 1.10 bits per heavy atom. The van der Waals surface area contributed by atoms with Gasteiger partial charge in [-0.1, -0.05) is 6.07 Å². The zero-order valence-corrected chi connectivity index (χ0v) is 15.8. The van der Waals surface area contributed by atoms with Gasteiger partial charge in [0.2, 0.25) is 0 Å². The van der Waals surface area contributed by atoms with Gasteiger partial charge in [-0.25, -0.2) is 14.6 Å². The zero-order chi connectivity index (χ0) is 23.1. The average Bonchev–Trinajstić information content (AvgIpc) is 3.43. The molecular weight excluding hydrogens is 424 g/mol. The maximum atomic E-state index is 10.6. The van der Waals surface area contributed by atoms with Crippen LogP contribution >= 0.6 is 0 Å². The molecule has 0 spiro atoms. The molecular formula is C17H21F6N3O4. The maximum absolute atomic E-state index is 10.6. The Labute approximate surface area is 167 Å². The van der Waals surface area contributed by atoms with E-state index in [1.807, 2.05) is 0 Å². The fraction of sp³-hybridized carbons (Fsp3) is 0.588. The number of halogens is 6. The van der Waals surface area contributed by atoms with E-state index in [-0.39, 0.29) is 0 Å². The van der Waals surface area contributed by atoms with Crippen molar-refractivity contribution in [2.75, 3.05) is 24.5 Å². The van der Waals surface area contributed by atoms with E-state index >= 15 is 0 Å². The van der Waals surface area contributed by atoms with Crippen molar-refractivity contribution in [3.63, 3.8) is 0 Å². The highest BCUT2D eigenvalue weighted by molar-refractivity contribution is 5.73. The third kappa shape index (κ3) is 9.29. The van der Waals surface area contributed by atoms with Gasteiger partial charge in [-0.3, -0.25) is 0 Å². The van der Waals surface area contributed by atoms with E-state index in [4.69, 9.17) is 24.8 Å². The van der Waals surface area contributed by atoms with Gasteiger partial charge in [0.15, 0.2) is 0 Å². The van der Waals surface area contributed by atoms with Crippen LogP contribution in [0.4, 0.5) is 32.2 Å². The number of rotatable bonds is 2. The quantitative estimate of drug-likeness (QED) is 0.602. The first kappa shape index (κ1) is 25.5. The van der Waals surface area contributed by atoms with Crippen molar-refractivity contribution in [2.45, 2.75) is 38.7 Å². The van der Waals surface area contributed by atoms with Crippen LogP contribution in [0.1, 0.15) is 24.1 Å². The molecule has 1 aliphatic carbocycles. The van der Waals surface area contributed by atoms with Gasteiger partial charge in [0, 0.05) is 37.4 Å². The summed E-state index contributed by atoms with van der Waals surface area (Å²) in [7, 11) is 0. The Morgan fingerprint density at radius 2 is 1.60 bits per heavy atom. The van der Waals surface area contributed by atoms with E-state index in [9.17, 15) is 26.3 Å². The molecule has 0 aromatic carbocycles. The molecule has 1 aliphatic heterocycles.